The van der Waals surface area contributed by atoms with Gasteiger partial charge in [0.2, 0.25) is 0 Å². The molecule has 0 aliphatic carbocycles. The van der Waals surface area contributed by atoms with E-state index in [2.05, 4.69) is 4.98 Å². The van der Waals surface area contributed by atoms with Crippen molar-refractivity contribution in [1.29, 1.82) is 0 Å². The van der Waals surface area contributed by atoms with Crippen molar-refractivity contribution in [3.8, 4) is 5.75 Å². The Morgan fingerprint density at radius 2 is 1.97 bits per heavy atom. The highest BCUT2D eigenvalue weighted by Gasteiger charge is 2.36. The number of benzene rings is 2. The Balaban J connectivity index is 1.60. The molecule has 160 valence electrons. The van der Waals surface area contributed by atoms with Crippen LogP contribution in [-0.2, 0) is 0 Å². The minimum Gasteiger partial charge on any atom is -0.497 e. The van der Waals surface area contributed by atoms with Gasteiger partial charge < -0.3 is 4.74 Å². The van der Waals surface area contributed by atoms with Gasteiger partial charge in [0, 0.05) is 23.4 Å². The highest BCUT2D eigenvalue weighted by atomic mass is 35.5. The molecule has 32 heavy (non-hydrogen) atoms. The van der Waals surface area contributed by atoms with E-state index in [1.807, 2.05) is 41.8 Å². The van der Waals surface area contributed by atoms with Crippen LogP contribution in [0.25, 0.3) is 10.9 Å². The van der Waals surface area contributed by atoms with Crippen LogP contribution in [0.2, 0.25) is 10.2 Å². The molecule has 0 spiro atoms. The van der Waals surface area contributed by atoms with Gasteiger partial charge in [0.25, 0.3) is 5.91 Å². The number of carbonyl (C=O) groups is 1. The number of fused-ring (bicyclic) bond motifs is 1. The number of rotatable bonds is 4. The quantitative estimate of drug-likeness (QED) is 0.308. The lowest BCUT2D eigenvalue weighted by atomic mass is 10.0. The van der Waals surface area contributed by atoms with Gasteiger partial charge in [-0.3, -0.25) is 4.79 Å². The van der Waals surface area contributed by atoms with Gasteiger partial charge in [-0.25, -0.2) is 9.99 Å². The normalized spacial score (nSPS) is 15.8. The van der Waals surface area contributed by atoms with Crippen molar-refractivity contribution >= 4 is 57.1 Å². The second-order valence-corrected chi connectivity index (χ2v) is 9.01. The van der Waals surface area contributed by atoms with Crippen molar-refractivity contribution in [3.05, 3.63) is 92.2 Å². The largest absolute Gasteiger partial charge is 0.497 e. The lowest BCUT2D eigenvalue weighted by Gasteiger charge is -2.23. The third-order valence-corrected chi connectivity index (χ3v) is 6.94. The molecule has 0 saturated carbocycles. The number of methoxy groups -OCH3 is 1. The van der Waals surface area contributed by atoms with Gasteiger partial charge in [-0.15, -0.1) is 11.3 Å². The van der Waals surface area contributed by atoms with Gasteiger partial charge in [0.1, 0.15) is 10.9 Å². The highest BCUT2D eigenvalue weighted by Crippen LogP contribution is 2.39. The first-order chi connectivity index (χ1) is 15.5. The molecule has 2 aromatic carbocycles. The summed E-state index contributed by atoms with van der Waals surface area (Å²) in [5.74, 6) is 0.423. The molecule has 2 aromatic heterocycles. The Kier molecular flexibility index (Phi) is 5.59. The van der Waals surface area contributed by atoms with Crippen LogP contribution >= 0.6 is 34.5 Å². The van der Waals surface area contributed by atoms with E-state index in [0.29, 0.717) is 27.9 Å². The van der Waals surface area contributed by atoms with Crippen LogP contribution in [0.15, 0.2) is 71.1 Å². The SMILES string of the molecule is COc1ccc2cc(C3CC(c4cccs4)=NN3C(=O)c3ccccc3Cl)c(Cl)nc2c1. The maximum atomic E-state index is 13.5. The molecule has 0 radical (unpaired) electrons. The molecule has 0 saturated heterocycles. The molecule has 8 heteroatoms. The van der Waals surface area contributed by atoms with E-state index in [9.17, 15) is 4.79 Å². The monoisotopic (exact) mass is 481 g/mol. The zero-order valence-corrected chi connectivity index (χ0v) is 19.3. The first kappa shape index (κ1) is 20.9. The maximum absolute atomic E-state index is 13.5. The molecule has 1 unspecified atom stereocenters. The molecule has 1 aliphatic rings. The van der Waals surface area contributed by atoms with E-state index in [1.54, 1.807) is 42.7 Å². The predicted octanol–water partition coefficient (Wildman–Crippen LogP) is 6.60. The van der Waals surface area contributed by atoms with Crippen molar-refractivity contribution in [2.75, 3.05) is 7.11 Å². The van der Waals surface area contributed by atoms with E-state index >= 15 is 0 Å². The van der Waals surface area contributed by atoms with E-state index in [-0.39, 0.29) is 5.91 Å². The van der Waals surface area contributed by atoms with Crippen LogP contribution in [0.3, 0.4) is 0 Å². The zero-order valence-electron chi connectivity index (χ0n) is 17.0. The van der Waals surface area contributed by atoms with Gasteiger partial charge in [0.05, 0.1) is 39.8 Å². The van der Waals surface area contributed by atoms with E-state index in [0.717, 1.165) is 27.1 Å². The van der Waals surface area contributed by atoms with Crippen LogP contribution in [-0.4, -0.2) is 28.7 Å². The summed E-state index contributed by atoms with van der Waals surface area (Å²) in [7, 11) is 1.61. The second-order valence-electron chi connectivity index (χ2n) is 7.30. The fraction of sp³-hybridized carbons (Fsp3) is 0.125. The van der Waals surface area contributed by atoms with Crippen LogP contribution in [0.4, 0.5) is 0 Å². The number of halogens is 2. The summed E-state index contributed by atoms with van der Waals surface area (Å²) in [5, 5.41) is 9.78. The predicted molar refractivity (Wildman–Crippen MR) is 129 cm³/mol. The smallest absolute Gasteiger partial charge is 0.276 e. The highest BCUT2D eigenvalue weighted by molar-refractivity contribution is 7.12. The van der Waals surface area contributed by atoms with Crippen LogP contribution < -0.4 is 4.74 Å². The lowest BCUT2D eigenvalue weighted by Crippen LogP contribution is -2.27. The second kappa shape index (κ2) is 8.54. The molecular formula is C24H17Cl2N3O2S. The molecule has 0 fully saturated rings. The van der Waals surface area contributed by atoms with Crippen molar-refractivity contribution < 1.29 is 9.53 Å². The Labute approximate surface area is 198 Å². The fourth-order valence-electron chi connectivity index (χ4n) is 3.79. The van der Waals surface area contributed by atoms with Crippen molar-refractivity contribution in [2.45, 2.75) is 12.5 Å². The first-order valence-corrected chi connectivity index (χ1v) is 11.5. The topological polar surface area (TPSA) is 54.8 Å². The van der Waals surface area contributed by atoms with Gasteiger partial charge in [-0.2, -0.15) is 5.10 Å². The van der Waals surface area contributed by atoms with Gasteiger partial charge >= 0.3 is 0 Å². The molecule has 5 nitrogen and oxygen atoms in total. The fourth-order valence-corrected chi connectivity index (χ4v) is 5.00. The minimum absolute atomic E-state index is 0.280. The number of hydrogen-bond acceptors (Lipinski definition) is 5. The maximum Gasteiger partial charge on any atom is 0.276 e. The van der Waals surface area contributed by atoms with E-state index < -0.39 is 6.04 Å². The standard InChI is InChI=1S/C24H17Cl2N3O2S/c1-31-15-9-8-14-11-17(23(26)27-19(14)12-15)21-13-20(22-7-4-10-32-22)28-29(21)24(30)16-5-2-3-6-18(16)25/h2-12,21H,13H2,1H3. The number of hydrogen-bond donors (Lipinski definition) is 0. The first-order valence-electron chi connectivity index (χ1n) is 9.89. The number of pyridine rings is 1. The third-order valence-electron chi connectivity index (χ3n) is 5.39. The Bertz CT molecular complexity index is 1350. The Hall–Kier alpha value is -2.93. The van der Waals surface area contributed by atoms with Gasteiger partial charge in [-0.05, 0) is 41.8 Å². The molecule has 4 aromatic rings. The molecule has 0 N–H and O–H groups in total. The van der Waals surface area contributed by atoms with Gasteiger partial charge in [-0.1, -0.05) is 41.4 Å². The minimum atomic E-state index is -0.401. The Morgan fingerprint density at radius 1 is 1.12 bits per heavy atom. The number of aromatic nitrogens is 1. The van der Waals surface area contributed by atoms with Crippen LogP contribution in [0.1, 0.15) is 33.3 Å². The number of thiophene rings is 1. The number of ether oxygens (including phenoxy) is 1. The van der Waals surface area contributed by atoms with Crippen LogP contribution in [0, 0.1) is 0 Å². The average Bonchev–Trinajstić information content (AvgIpc) is 3.48. The summed E-state index contributed by atoms with van der Waals surface area (Å²) >= 11 is 14.5. The third kappa shape index (κ3) is 3.75. The number of nitrogens with zero attached hydrogens (tertiary/aromatic N) is 3. The summed E-state index contributed by atoms with van der Waals surface area (Å²) < 4.78 is 5.29. The molecule has 5 rings (SSSR count). The molecule has 0 bridgehead atoms. The molecular weight excluding hydrogens is 465 g/mol. The lowest BCUT2D eigenvalue weighted by molar-refractivity contribution is 0.0711. The zero-order chi connectivity index (χ0) is 22.2. The summed E-state index contributed by atoms with van der Waals surface area (Å²) in [6, 6.07) is 18.1. The van der Waals surface area contributed by atoms with Crippen LogP contribution in [0.5, 0.6) is 5.75 Å². The van der Waals surface area contributed by atoms with Crippen molar-refractivity contribution in [3.63, 3.8) is 0 Å². The van der Waals surface area contributed by atoms with Gasteiger partial charge in [0.15, 0.2) is 0 Å². The molecule has 1 atom stereocenters. The number of carbonyl (C=O) groups excluding carboxylic acids is 1. The average molecular weight is 482 g/mol. The molecule has 1 aliphatic heterocycles. The Morgan fingerprint density at radius 3 is 2.72 bits per heavy atom. The molecule has 3 heterocycles. The summed E-state index contributed by atoms with van der Waals surface area (Å²) in [6.45, 7) is 0. The summed E-state index contributed by atoms with van der Waals surface area (Å²) in [4.78, 5) is 19.1. The summed E-state index contributed by atoms with van der Waals surface area (Å²) in [5.41, 5.74) is 2.68. The van der Waals surface area contributed by atoms with Crippen molar-refractivity contribution in [1.82, 2.24) is 9.99 Å². The van der Waals surface area contributed by atoms with Crippen molar-refractivity contribution in [2.24, 2.45) is 5.10 Å². The summed E-state index contributed by atoms with van der Waals surface area (Å²) in [6.07, 6.45) is 0.528. The number of hydrazone groups is 1. The molecule has 1 amide bonds. The van der Waals surface area contributed by atoms with E-state index in [1.165, 1.54) is 5.01 Å². The van der Waals surface area contributed by atoms with E-state index in [4.69, 9.17) is 33.0 Å². The number of amides is 1.